The summed E-state index contributed by atoms with van der Waals surface area (Å²) in [6.07, 6.45) is 7.86. The van der Waals surface area contributed by atoms with E-state index in [2.05, 4.69) is 23.4 Å². The number of benzene rings is 1. The third-order valence-electron chi connectivity index (χ3n) is 6.40. The summed E-state index contributed by atoms with van der Waals surface area (Å²) in [6, 6.07) is 3.77. The fourth-order valence-corrected chi connectivity index (χ4v) is 4.77. The summed E-state index contributed by atoms with van der Waals surface area (Å²) >= 11 is 0.176. The van der Waals surface area contributed by atoms with Crippen molar-refractivity contribution in [1.29, 1.82) is 0 Å². The van der Waals surface area contributed by atoms with Gasteiger partial charge >= 0.3 is 0 Å². The molecular formula is C23H29FN4O2S. The molecule has 1 saturated carbocycles. The molecule has 8 heteroatoms. The highest BCUT2D eigenvalue weighted by Crippen LogP contribution is 2.50. The third-order valence-corrected chi connectivity index (χ3v) is 6.84. The number of aromatic nitrogens is 2. The van der Waals surface area contributed by atoms with Gasteiger partial charge in [0.2, 0.25) is 6.41 Å². The first-order valence-corrected chi connectivity index (χ1v) is 11.4. The number of nitrogens with one attached hydrogen (secondary N) is 1. The second-order valence-electron chi connectivity index (χ2n) is 8.45. The van der Waals surface area contributed by atoms with E-state index in [1.807, 2.05) is 19.1 Å². The van der Waals surface area contributed by atoms with Gasteiger partial charge in [0.1, 0.15) is 11.4 Å². The summed E-state index contributed by atoms with van der Waals surface area (Å²) in [5.74, 6) is 2.07. The van der Waals surface area contributed by atoms with E-state index in [1.165, 1.54) is 15.4 Å². The molecule has 2 unspecified atom stereocenters. The lowest BCUT2D eigenvalue weighted by atomic mass is 9.94. The van der Waals surface area contributed by atoms with E-state index in [-0.39, 0.29) is 12.3 Å². The summed E-state index contributed by atoms with van der Waals surface area (Å²) in [7, 11) is 3.32. The van der Waals surface area contributed by atoms with Crippen molar-refractivity contribution in [2.75, 3.05) is 24.4 Å². The fourth-order valence-electron chi connectivity index (χ4n) is 4.39. The number of carbonyl (C=O) groups is 1. The minimum atomic E-state index is 0.176. The molecule has 1 heterocycles. The lowest BCUT2D eigenvalue weighted by molar-refractivity contribution is -0.107. The molecule has 4 rings (SSSR count). The van der Waals surface area contributed by atoms with Crippen molar-refractivity contribution in [1.82, 2.24) is 9.19 Å². The Bertz CT molecular complexity index is 1020. The van der Waals surface area contributed by atoms with Crippen molar-refractivity contribution in [2.45, 2.75) is 46.0 Å². The zero-order valence-electron chi connectivity index (χ0n) is 18.4. The topological polar surface area (TPSA) is 59.4 Å². The van der Waals surface area contributed by atoms with Crippen LogP contribution in [0.3, 0.4) is 0 Å². The molecule has 1 aromatic heterocycles. The number of anilines is 2. The van der Waals surface area contributed by atoms with Gasteiger partial charge in [0, 0.05) is 35.6 Å². The molecule has 2 atom stereocenters. The number of hydrogen-bond acceptors (Lipinski definition) is 5. The lowest BCUT2D eigenvalue weighted by Gasteiger charge is -2.20. The van der Waals surface area contributed by atoms with E-state index in [4.69, 9.17) is 4.74 Å². The predicted molar refractivity (Wildman–Crippen MR) is 124 cm³/mol. The standard InChI is InChI=1S/C23H29FN4O2S/c1-5-6-7-19(23-18-9-15-8-16(15)10-21(18)28(26-23)31-24)25-20-11-17(27(3)13-29)12-22(30-4)14(20)2/h7,11-13,15-16,25H,5-6,8-10H2,1-4H3/b19-7+. The average Bonchev–Trinajstić information content (AvgIpc) is 3.47. The van der Waals surface area contributed by atoms with Crippen molar-refractivity contribution < 1.29 is 13.4 Å². The van der Waals surface area contributed by atoms with Crippen molar-refractivity contribution in [3.8, 4) is 5.75 Å². The fraction of sp³-hybridized carbons (Fsp3) is 0.478. The molecule has 0 radical (unpaired) electrons. The second-order valence-corrected chi connectivity index (χ2v) is 8.93. The molecular weight excluding hydrogens is 415 g/mol. The number of allylic oxidation sites excluding steroid dienone is 1. The van der Waals surface area contributed by atoms with Gasteiger partial charge in [-0.1, -0.05) is 19.4 Å². The zero-order chi connectivity index (χ0) is 22.1. The summed E-state index contributed by atoms with van der Waals surface area (Å²) in [5, 5.41) is 8.18. The Hall–Kier alpha value is -2.48. The van der Waals surface area contributed by atoms with E-state index in [0.717, 1.165) is 71.7 Å². The van der Waals surface area contributed by atoms with E-state index in [1.54, 1.807) is 14.2 Å². The minimum absolute atomic E-state index is 0.176. The predicted octanol–water partition coefficient (Wildman–Crippen LogP) is 5.16. The maximum atomic E-state index is 13.7. The highest BCUT2D eigenvalue weighted by atomic mass is 32.2. The van der Waals surface area contributed by atoms with Crippen molar-refractivity contribution in [3.63, 3.8) is 0 Å². The Kier molecular flexibility index (Phi) is 6.27. The van der Waals surface area contributed by atoms with Gasteiger partial charge in [-0.05, 0) is 50.5 Å². The zero-order valence-corrected chi connectivity index (χ0v) is 19.3. The molecule has 1 fully saturated rings. The molecule has 1 aromatic carbocycles. The number of ether oxygens (including phenoxy) is 1. The minimum Gasteiger partial charge on any atom is -0.496 e. The number of rotatable bonds is 9. The molecule has 2 aromatic rings. The average molecular weight is 445 g/mol. The van der Waals surface area contributed by atoms with Gasteiger partial charge < -0.3 is 15.0 Å². The second kappa shape index (κ2) is 8.94. The molecule has 2 aliphatic carbocycles. The smallest absolute Gasteiger partial charge is 0.213 e. The molecule has 0 bridgehead atoms. The van der Waals surface area contributed by atoms with Crippen LogP contribution >= 0.6 is 12.3 Å². The number of unbranched alkanes of at least 4 members (excludes halogenated alkanes) is 1. The van der Waals surface area contributed by atoms with Gasteiger partial charge in [0.05, 0.1) is 18.5 Å². The Labute approximate surface area is 187 Å². The normalized spacial score (nSPS) is 19.5. The van der Waals surface area contributed by atoms with Gasteiger partial charge in [-0.3, -0.25) is 4.79 Å². The molecule has 31 heavy (non-hydrogen) atoms. The summed E-state index contributed by atoms with van der Waals surface area (Å²) in [4.78, 5) is 12.8. The first-order chi connectivity index (χ1) is 15.0. The number of amides is 1. The van der Waals surface area contributed by atoms with Crippen LogP contribution in [-0.4, -0.2) is 29.8 Å². The SMILES string of the molecule is CCC/C=C(/Nc1cc(N(C)C=O)cc(OC)c1C)c1nn(SF)c2c1CC1CC1C2. The number of fused-ring (bicyclic) bond motifs is 2. The van der Waals surface area contributed by atoms with E-state index >= 15 is 0 Å². The van der Waals surface area contributed by atoms with Gasteiger partial charge in [-0.25, -0.2) is 0 Å². The number of halogens is 1. The van der Waals surface area contributed by atoms with Crippen LogP contribution in [0.25, 0.3) is 5.70 Å². The van der Waals surface area contributed by atoms with Crippen LogP contribution in [0.2, 0.25) is 0 Å². The molecule has 0 aliphatic heterocycles. The first kappa shape index (κ1) is 21.7. The quantitative estimate of drug-likeness (QED) is 0.541. The number of carbonyl (C=O) groups excluding carboxylic acids is 1. The van der Waals surface area contributed by atoms with E-state index in [9.17, 15) is 8.68 Å². The van der Waals surface area contributed by atoms with Crippen molar-refractivity contribution in [2.24, 2.45) is 11.8 Å². The monoisotopic (exact) mass is 444 g/mol. The van der Waals surface area contributed by atoms with Gasteiger partial charge in [-0.15, -0.1) is 3.89 Å². The summed E-state index contributed by atoms with van der Waals surface area (Å²) < 4.78 is 20.7. The van der Waals surface area contributed by atoms with Crippen molar-refractivity contribution in [3.05, 3.63) is 40.7 Å². The molecule has 166 valence electrons. The third kappa shape index (κ3) is 4.18. The summed E-state index contributed by atoms with van der Waals surface area (Å²) in [5.41, 5.74) is 6.36. The van der Waals surface area contributed by atoms with Crippen LogP contribution in [0.5, 0.6) is 5.75 Å². The van der Waals surface area contributed by atoms with Gasteiger partial charge in [-0.2, -0.15) is 9.19 Å². The van der Waals surface area contributed by atoms with Crippen LogP contribution < -0.4 is 15.0 Å². The van der Waals surface area contributed by atoms with E-state index < -0.39 is 0 Å². The summed E-state index contributed by atoms with van der Waals surface area (Å²) in [6.45, 7) is 4.10. The Morgan fingerprint density at radius 2 is 2.19 bits per heavy atom. The Morgan fingerprint density at radius 3 is 2.87 bits per heavy atom. The van der Waals surface area contributed by atoms with Crippen LogP contribution in [0.4, 0.5) is 15.3 Å². The Balaban J connectivity index is 1.76. The molecule has 1 N–H and O–H groups in total. The Morgan fingerprint density at radius 1 is 1.42 bits per heavy atom. The highest BCUT2D eigenvalue weighted by Gasteiger charge is 2.44. The maximum Gasteiger partial charge on any atom is 0.213 e. The molecule has 6 nitrogen and oxygen atoms in total. The molecule has 0 spiro atoms. The van der Waals surface area contributed by atoms with Crippen LogP contribution in [0.15, 0.2) is 18.2 Å². The largest absolute Gasteiger partial charge is 0.496 e. The molecule has 0 saturated heterocycles. The van der Waals surface area contributed by atoms with Crippen molar-refractivity contribution >= 4 is 35.8 Å². The first-order valence-electron chi connectivity index (χ1n) is 10.7. The highest BCUT2D eigenvalue weighted by molar-refractivity contribution is 7.92. The lowest BCUT2D eigenvalue weighted by Crippen LogP contribution is -2.15. The van der Waals surface area contributed by atoms with E-state index in [0.29, 0.717) is 17.6 Å². The van der Waals surface area contributed by atoms with Crippen LogP contribution in [0.1, 0.15) is 48.7 Å². The molecule has 1 amide bonds. The number of hydrogen-bond donors (Lipinski definition) is 1. The number of nitrogens with zero attached hydrogens (tertiary/aromatic N) is 3. The molecule has 2 aliphatic rings. The van der Waals surface area contributed by atoms with Gasteiger partial charge in [0.15, 0.2) is 12.3 Å². The number of methoxy groups -OCH3 is 1. The maximum absolute atomic E-state index is 13.7. The van der Waals surface area contributed by atoms with Crippen LogP contribution in [0, 0.1) is 18.8 Å². The van der Waals surface area contributed by atoms with Gasteiger partial charge in [0.25, 0.3) is 0 Å². The van der Waals surface area contributed by atoms with Crippen LogP contribution in [-0.2, 0) is 17.6 Å².